The summed E-state index contributed by atoms with van der Waals surface area (Å²) in [7, 11) is 0. The normalized spacial score (nSPS) is 19.7. The van der Waals surface area contributed by atoms with Gasteiger partial charge in [-0.05, 0) is 50.1 Å². The van der Waals surface area contributed by atoms with Gasteiger partial charge in [0.1, 0.15) is 5.82 Å². The first kappa shape index (κ1) is 22.5. The molecule has 4 heterocycles. The van der Waals surface area contributed by atoms with Crippen molar-refractivity contribution in [1.82, 2.24) is 9.97 Å². The Balaban J connectivity index is 1.41. The van der Waals surface area contributed by atoms with Crippen LogP contribution in [0, 0.1) is 11.3 Å². The van der Waals surface area contributed by atoms with E-state index in [-0.39, 0.29) is 12.2 Å². The standard InChI is InChI=1S/C30H29N5O/c1-20-18-35(19-21(2)36-20)28-12-11-24(16-32-28)27-17-33-29-25(23-9-7-22(15-31)8-10-23)5-3-6-26(29)30(27)34-13-4-14-34/h3,5-12,16-17,20-21H,4,13-14,18-19H2,1-2H3/t20-,21+. The molecule has 0 aliphatic carbocycles. The van der Waals surface area contributed by atoms with Crippen molar-refractivity contribution in [3.05, 3.63) is 72.6 Å². The molecule has 2 aliphatic heterocycles. The fourth-order valence-corrected chi connectivity index (χ4v) is 5.36. The van der Waals surface area contributed by atoms with Gasteiger partial charge in [0.15, 0.2) is 0 Å². The van der Waals surface area contributed by atoms with Crippen LogP contribution < -0.4 is 9.80 Å². The molecule has 2 aromatic heterocycles. The molecule has 180 valence electrons. The molecule has 0 saturated carbocycles. The van der Waals surface area contributed by atoms with E-state index in [9.17, 15) is 5.26 Å². The van der Waals surface area contributed by atoms with Crippen molar-refractivity contribution >= 4 is 22.4 Å². The lowest BCUT2D eigenvalue weighted by Gasteiger charge is -2.36. The van der Waals surface area contributed by atoms with Gasteiger partial charge in [0.2, 0.25) is 0 Å². The van der Waals surface area contributed by atoms with Crippen LogP contribution in [0.3, 0.4) is 0 Å². The van der Waals surface area contributed by atoms with Crippen LogP contribution in [0.5, 0.6) is 0 Å². The van der Waals surface area contributed by atoms with Gasteiger partial charge in [-0.3, -0.25) is 4.98 Å². The molecule has 2 aromatic carbocycles. The van der Waals surface area contributed by atoms with E-state index >= 15 is 0 Å². The van der Waals surface area contributed by atoms with E-state index < -0.39 is 0 Å². The van der Waals surface area contributed by atoms with Crippen LogP contribution in [0.2, 0.25) is 0 Å². The van der Waals surface area contributed by atoms with Gasteiger partial charge < -0.3 is 14.5 Å². The van der Waals surface area contributed by atoms with Crippen molar-refractivity contribution in [2.75, 3.05) is 36.0 Å². The average Bonchev–Trinajstić information content (AvgIpc) is 2.87. The smallest absolute Gasteiger partial charge is 0.128 e. The summed E-state index contributed by atoms with van der Waals surface area (Å²) in [4.78, 5) is 14.6. The van der Waals surface area contributed by atoms with E-state index in [1.165, 1.54) is 12.1 Å². The van der Waals surface area contributed by atoms with Gasteiger partial charge in [0, 0.05) is 60.6 Å². The Hall–Kier alpha value is -3.95. The van der Waals surface area contributed by atoms with Gasteiger partial charge in [0.05, 0.1) is 35.0 Å². The van der Waals surface area contributed by atoms with E-state index in [1.54, 1.807) is 0 Å². The number of rotatable bonds is 4. The Morgan fingerprint density at radius 2 is 1.58 bits per heavy atom. The summed E-state index contributed by atoms with van der Waals surface area (Å²) < 4.78 is 5.89. The van der Waals surface area contributed by atoms with Crippen LogP contribution in [0.1, 0.15) is 25.8 Å². The maximum Gasteiger partial charge on any atom is 0.128 e. The van der Waals surface area contributed by atoms with Gasteiger partial charge in [-0.2, -0.15) is 5.26 Å². The van der Waals surface area contributed by atoms with E-state index in [0.717, 1.165) is 65.2 Å². The molecular formula is C30H29N5O. The van der Waals surface area contributed by atoms with E-state index in [2.05, 4.69) is 60.0 Å². The Morgan fingerprint density at radius 3 is 2.22 bits per heavy atom. The van der Waals surface area contributed by atoms with E-state index in [0.29, 0.717) is 5.56 Å². The van der Waals surface area contributed by atoms with Crippen molar-refractivity contribution in [3.63, 3.8) is 0 Å². The number of hydrogen-bond donors (Lipinski definition) is 0. The third kappa shape index (κ3) is 4.06. The molecule has 2 fully saturated rings. The third-order valence-corrected chi connectivity index (χ3v) is 7.17. The number of nitriles is 1. The van der Waals surface area contributed by atoms with E-state index in [4.69, 9.17) is 14.7 Å². The molecule has 6 rings (SSSR count). The maximum atomic E-state index is 9.17. The molecule has 2 atom stereocenters. The van der Waals surface area contributed by atoms with Crippen LogP contribution in [-0.2, 0) is 4.74 Å². The van der Waals surface area contributed by atoms with Crippen LogP contribution in [0.15, 0.2) is 67.0 Å². The summed E-state index contributed by atoms with van der Waals surface area (Å²) in [5.41, 5.74) is 7.20. The largest absolute Gasteiger partial charge is 0.372 e. The molecule has 2 saturated heterocycles. The second-order valence-electron chi connectivity index (χ2n) is 9.82. The molecule has 0 radical (unpaired) electrons. The van der Waals surface area contributed by atoms with Gasteiger partial charge >= 0.3 is 0 Å². The Bertz CT molecular complexity index is 1430. The number of fused-ring (bicyclic) bond motifs is 1. The predicted molar refractivity (Wildman–Crippen MR) is 144 cm³/mol. The predicted octanol–water partition coefficient (Wildman–Crippen LogP) is 5.66. The van der Waals surface area contributed by atoms with Crippen molar-refractivity contribution < 1.29 is 4.74 Å². The van der Waals surface area contributed by atoms with Crippen molar-refractivity contribution in [2.24, 2.45) is 0 Å². The maximum absolute atomic E-state index is 9.17. The van der Waals surface area contributed by atoms with Gasteiger partial charge in [-0.1, -0.05) is 30.3 Å². The summed E-state index contributed by atoms with van der Waals surface area (Å²) in [5.74, 6) is 0.989. The average molecular weight is 476 g/mol. The van der Waals surface area contributed by atoms with Crippen molar-refractivity contribution in [3.8, 4) is 28.3 Å². The molecular weight excluding hydrogens is 446 g/mol. The zero-order chi connectivity index (χ0) is 24.6. The Morgan fingerprint density at radius 1 is 0.833 bits per heavy atom. The molecule has 6 nitrogen and oxygen atoms in total. The number of para-hydroxylation sites is 1. The monoisotopic (exact) mass is 475 g/mol. The van der Waals surface area contributed by atoms with Crippen molar-refractivity contribution in [1.29, 1.82) is 5.26 Å². The highest BCUT2D eigenvalue weighted by Gasteiger charge is 2.25. The van der Waals surface area contributed by atoms with Gasteiger partial charge in [-0.25, -0.2) is 4.98 Å². The summed E-state index contributed by atoms with van der Waals surface area (Å²) in [6.07, 6.45) is 5.57. The molecule has 0 spiro atoms. The molecule has 0 amide bonds. The minimum atomic E-state index is 0.197. The lowest BCUT2D eigenvalue weighted by Crippen LogP contribution is -2.45. The first-order valence-electron chi connectivity index (χ1n) is 12.6. The van der Waals surface area contributed by atoms with Gasteiger partial charge in [-0.15, -0.1) is 0 Å². The quantitative estimate of drug-likeness (QED) is 0.380. The lowest BCUT2D eigenvalue weighted by molar-refractivity contribution is -0.00545. The molecule has 2 aliphatic rings. The highest BCUT2D eigenvalue weighted by atomic mass is 16.5. The second-order valence-corrected chi connectivity index (χ2v) is 9.82. The molecule has 0 unspecified atom stereocenters. The highest BCUT2D eigenvalue weighted by molar-refractivity contribution is 6.05. The Labute approximate surface area is 211 Å². The number of benzene rings is 2. The SMILES string of the molecule is C[C@@H]1CN(c2ccc(-c3cnc4c(-c5ccc(C#N)cc5)cccc4c3N3CCC3)cn2)C[C@H](C)O1. The van der Waals surface area contributed by atoms with Crippen LogP contribution >= 0.6 is 0 Å². The zero-order valence-electron chi connectivity index (χ0n) is 20.7. The number of aromatic nitrogens is 2. The second kappa shape index (κ2) is 9.25. The zero-order valence-corrected chi connectivity index (χ0v) is 20.7. The minimum absolute atomic E-state index is 0.197. The minimum Gasteiger partial charge on any atom is -0.372 e. The summed E-state index contributed by atoms with van der Waals surface area (Å²) in [5, 5.41) is 10.3. The number of pyridine rings is 2. The molecule has 0 bridgehead atoms. The van der Waals surface area contributed by atoms with Gasteiger partial charge in [0.25, 0.3) is 0 Å². The molecule has 36 heavy (non-hydrogen) atoms. The summed E-state index contributed by atoms with van der Waals surface area (Å²) >= 11 is 0. The third-order valence-electron chi connectivity index (χ3n) is 7.17. The number of ether oxygens (including phenoxy) is 1. The van der Waals surface area contributed by atoms with Crippen LogP contribution in [0.4, 0.5) is 11.5 Å². The molecule has 0 N–H and O–H groups in total. The summed E-state index contributed by atoms with van der Waals surface area (Å²) in [6.45, 7) is 8.02. The fraction of sp³-hybridized carbons (Fsp3) is 0.300. The molecule has 6 heteroatoms. The number of hydrogen-bond acceptors (Lipinski definition) is 6. The topological polar surface area (TPSA) is 65.3 Å². The summed E-state index contributed by atoms with van der Waals surface area (Å²) in [6, 6.07) is 20.6. The lowest BCUT2D eigenvalue weighted by atomic mass is 9.96. The first-order valence-corrected chi connectivity index (χ1v) is 12.6. The van der Waals surface area contributed by atoms with E-state index in [1.807, 2.05) is 36.7 Å². The Kier molecular flexibility index (Phi) is 5.79. The van der Waals surface area contributed by atoms with Crippen LogP contribution in [0.25, 0.3) is 33.2 Å². The number of morpholine rings is 1. The number of anilines is 2. The first-order chi connectivity index (χ1) is 17.6. The van der Waals surface area contributed by atoms with Crippen molar-refractivity contribution in [2.45, 2.75) is 32.5 Å². The van der Waals surface area contributed by atoms with Crippen LogP contribution in [-0.4, -0.2) is 48.4 Å². The number of nitrogens with zero attached hydrogens (tertiary/aromatic N) is 5. The highest BCUT2D eigenvalue weighted by Crippen LogP contribution is 2.41. The fourth-order valence-electron chi connectivity index (χ4n) is 5.36. The molecule has 4 aromatic rings.